The maximum atomic E-state index is 13.1. The van der Waals surface area contributed by atoms with Crippen LogP contribution in [0.4, 0.5) is 17.2 Å². The van der Waals surface area contributed by atoms with E-state index in [0.29, 0.717) is 24.6 Å². The number of nitrogens with zero attached hydrogens (tertiary/aromatic N) is 4. The van der Waals surface area contributed by atoms with Gasteiger partial charge in [0.1, 0.15) is 11.9 Å². The number of pyridine rings is 1. The minimum atomic E-state index is -0.449. The highest BCUT2D eigenvalue weighted by atomic mass is 16.5. The third-order valence-electron chi connectivity index (χ3n) is 5.39. The lowest BCUT2D eigenvalue weighted by molar-refractivity contribution is 0.102. The lowest BCUT2D eigenvalue weighted by Crippen LogP contribution is -2.36. The topological polar surface area (TPSA) is 128 Å². The normalized spacial score (nSPS) is 14.4. The number of aromatic nitrogens is 3. The number of anilines is 3. The molecule has 176 valence electrons. The lowest BCUT2D eigenvalue weighted by Gasteiger charge is -2.30. The number of ether oxygens (including phenoxy) is 2. The first-order valence-corrected chi connectivity index (χ1v) is 11.2. The zero-order chi connectivity index (χ0) is 23.9. The van der Waals surface area contributed by atoms with Crippen LogP contribution >= 0.6 is 0 Å². The summed E-state index contributed by atoms with van der Waals surface area (Å²) in [5.41, 5.74) is 8.85. The molecule has 1 amide bonds. The number of morpholine rings is 1. The van der Waals surface area contributed by atoms with Gasteiger partial charge >= 0.3 is 0 Å². The van der Waals surface area contributed by atoms with Gasteiger partial charge in [0.25, 0.3) is 5.91 Å². The van der Waals surface area contributed by atoms with Crippen molar-refractivity contribution in [2.45, 2.75) is 13.0 Å². The van der Waals surface area contributed by atoms with Crippen LogP contribution in [0.25, 0.3) is 11.3 Å². The van der Waals surface area contributed by atoms with Crippen molar-refractivity contribution in [2.75, 3.05) is 48.8 Å². The zero-order valence-electron chi connectivity index (χ0n) is 19.3. The molecule has 4 N–H and O–H groups in total. The number of carbonyl (C=O) groups excluding carboxylic acids is 1. The van der Waals surface area contributed by atoms with E-state index in [-0.39, 0.29) is 17.6 Å². The van der Waals surface area contributed by atoms with E-state index in [9.17, 15) is 4.79 Å². The second-order valence-electron chi connectivity index (χ2n) is 7.95. The van der Waals surface area contributed by atoms with Crippen LogP contribution in [0.5, 0.6) is 5.75 Å². The number of amides is 1. The lowest BCUT2D eigenvalue weighted by atomic mass is 10.1. The number of carbonyl (C=O) groups is 1. The molecule has 1 fully saturated rings. The number of hydrogen-bond donors (Lipinski definition) is 3. The van der Waals surface area contributed by atoms with Crippen molar-refractivity contribution in [3.63, 3.8) is 0 Å². The van der Waals surface area contributed by atoms with Crippen molar-refractivity contribution in [3.8, 4) is 17.0 Å². The first-order chi connectivity index (χ1) is 16.5. The van der Waals surface area contributed by atoms with Crippen molar-refractivity contribution in [1.29, 1.82) is 0 Å². The SMILES string of the molecule is BNCC(C)Oc1ccc(-c2cnc(N)c(C(=O)Nc3cnccc3N3CCOCC3)n2)cc1. The van der Waals surface area contributed by atoms with Gasteiger partial charge in [0, 0.05) is 31.4 Å². The third-order valence-corrected chi connectivity index (χ3v) is 5.39. The average Bonchev–Trinajstić information content (AvgIpc) is 2.86. The van der Waals surface area contributed by atoms with Crippen LogP contribution < -0.4 is 25.9 Å². The number of nitrogens with one attached hydrogen (secondary N) is 2. The summed E-state index contributed by atoms with van der Waals surface area (Å²) in [5.74, 6) is 0.356. The van der Waals surface area contributed by atoms with E-state index in [0.717, 1.165) is 36.6 Å². The van der Waals surface area contributed by atoms with Gasteiger partial charge in [-0.3, -0.25) is 9.78 Å². The van der Waals surface area contributed by atoms with E-state index in [2.05, 4.69) is 30.4 Å². The van der Waals surface area contributed by atoms with Crippen LogP contribution in [-0.4, -0.2) is 67.8 Å². The van der Waals surface area contributed by atoms with E-state index in [1.807, 2.05) is 45.2 Å². The molecule has 34 heavy (non-hydrogen) atoms. The summed E-state index contributed by atoms with van der Waals surface area (Å²) in [7, 11) is 1.88. The highest BCUT2D eigenvalue weighted by Gasteiger charge is 2.20. The molecule has 3 heterocycles. The number of benzene rings is 1. The number of rotatable bonds is 8. The summed E-state index contributed by atoms with van der Waals surface area (Å²) in [5, 5.41) is 5.98. The van der Waals surface area contributed by atoms with Crippen molar-refractivity contribution < 1.29 is 14.3 Å². The van der Waals surface area contributed by atoms with Gasteiger partial charge in [-0.05, 0) is 37.3 Å². The monoisotopic (exact) mass is 461 g/mol. The van der Waals surface area contributed by atoms with E-state index in [4.69, 9.17) is 15.2 Å². The summed E-state index contributed by atoms with van der Waals surface area (Å²) < 4.78 is 11.3. The number of hydrogen-bond acceptors (Lipinski definition) is 9. The quantitative estimate of drug-likeness (QED) is 0.423. The molecule has 0 bridgehead atoms. The molecule has 2 aromatic heterocycles. The Kier molecular flexibility index (Phi) is 7.56. The Bertz CT molecular complexity index is 1120. The minimum Gasteiger partial charge on any atom is -0.489 e. The zero-order valence-corrected chi connectivity index (χ0v) is 19.3. The number of nitrogen functional groups attached to an aromatic ring is 1. The molecule has 10 nitrogen and oxygen atoms in total. The van der Waals surface area contributed by atoms with Crippen LogP contribution in [0, 0.1) is 0 Å². The molecule has 1 unspecified atom stereocenters. The Hall–Kier alpha value is -3.70. The molecular weight excluding hydrogens is 433 g/mol. The fourth-order valence-electron chi connectivity index (χ4n) is 3.72. The largest absolute Gasteiger partial charge is 0.489 e. The van der Waals surface area contributed by atoms with E-state index in [1.54, 1.807) is 18.6 Å². The van der Waals surface area contributed by atoms with Gasteiger partial charge < -0.3 is 30.7 Å². The first-order valence-electron chi connectivity index (χ1n) is 11.2. The Morgan fingerprint density at radius 2 is 2.00 bits per heavy atom. The summed E-state index contributed by atoms with van der Waals surface area (Å²) >= 11 is 0. The average molecular weight is 461 g/mol. The Morgan fingerprint density at radius 3 is 2.74 bits per heavy atom. The minimum absolute atomic E-state index is 0.0392. The van der Waals surface area contributed by atoms with E-state index in [1.165, 1.54) is 0 Å². The van der Waals surface area contributed by atoms with Gasteiger partial charge in [0.2, 0.25) is 0 Å². The predicted octanol–water partition coefficient (Wildman–Crippen LogP) is 1.11. The molecule has 1 aliphatic heterocycles. The van der Waals surface area contributed by atoms with Crippen LogP contribution in [0.2, 0.25) is 0 Å². The van der Waals surface area contributed by atoms with Gasteiger partial charge in [-0.15, -0.1) is 0 Å². The Balaban J connectivity index is 1.52. The second kappa shape index (κ2) is 10.9. The van der Waals surface area contributed by atoms with E-state index >= 15 is 0 Å². The molecule has 1 saturated heterocycles. The van der Waals surface area contributed by atoms with Gasteiger partial charge in [-0.2, -0.15) is 0 Å². The molecule has 4 rings (SSSR count). The van der Waals surface area contributed by atoms with E-state index < -0.39 is 5.91 Å². The second-order valence-corrected chi connectivity index (χ2v) is 7.95. The Morgan fingerprint density at radius 1 is 1.24 bits per heavy atom. The number of nitrogens with two attached hydrogens (primary N) is 1. The smallest absolute Gasteiger partial charge is 0.278 e. The first kappa shape index (κ1) is 23.5. The van der Waals surface area contributed by atoms with Crippen LogP contribution in [0.15, 0.2) is 48.9 Å². The maximum absolute atomic E-state index is 13.1. The predicted molar refractivity (Wildman–Crippen MR) is 134 cm³/mol. The van der Waals surface area contributed by atoms with Crippen LogP contribution in [0.1, 0.15) is 17.4 Å². The standard InChI is InChI=1S/C23H28BN7O3/c1-15(12-28-24)34-17-4-2-16(3-5-17)18-14-27-22(25)21(29-18)23(32)30-19-13-26-7-6-20(19)31-8-10-33-11-9-31/h2-7,13-15,28H,8-12,24H2,1H3,(H2,25,27)(H,30,32). The van der Waals surface area contributed by atoms with Crippen LogP contribution in [0.3, 0.4) is 0 Å². The van der Waals surface area contributed by atoms with Crippen molar-refractivity contribution in [1.82, 2.24) is 20.2 Å². The highest BCUT2D eigenvalue weighted by molar-refractivity contribution is 6.07. The Labute approximate surface area is 199 Å². The van der Waals surface area contributed by atoms with Crippen molar-refractivity contribution in [3.05, 3.63) is 54.6 Å². The molecule has 1 aliphatic rings. The van der Waals surface area contributed by atoms with Crippen molar-refractivity contribution in [2.24, 2.45) is 0 Å². The fraction of sp³-hybridized carbons (Fsp3) is 0.304. The fourth-order valence-corrected chi connectivity index (χ4v) is 3.72. The van der Waals surface area contributed by atoms with Gasteiger partial charge in [0.05, 0.1) is 42.7 Å². The molecule has 0 radical (unpaired) electrons. The molecule has 0 spiro atoms. The third kappa shape index (κ3) is 5.62. The summed E-state index contributed by atoms with van der Waals surface area (Å²) in [6, 6.07) is 9.35. The molecule has 1 atom stereocenters. The molecule has 3 aromatic rings. The van der Waals surface area contributed by atoms with Crippen LogP contribution in [-0.2, 0) is 4.74 Å². The van der Waals surface area contributed by atoms with Gasteiger partial charge in [-0.25, -0.2) is 9.97 Å². The highest BCUT2D eigenvalue weighted by Crippen LogP contribution is 2.27. The molecule has 11 heteroatoms. The summed E-state index contributed by atoms with van der Waals surface area (Å²) in [4.78, 5) is 28.1. The summed E-state index contributed by atoms with van der Waals surface area (Å²) in [6.45, 7) is 5.47. The summed E-state index contributed by atoms with van der Waals surface area (Å²) in [6.07, 6.45) is 4.90. The molecular formula is C23H28BN7O3. The molecule has 0 saturated carbocycles. The van der Waals surface area contributed by atoms with Gasteiger partial charge in [0.15, 0.2) is 19.5 Å². The maximum Gasteiger partial charge on any atom is 0.278 e. The molecule has 1 aromatic carbocycles. The van der Waals surface area contributed by atoms with Crippen molar-refractivity contribution >= 4 is 31.1 Å². The van der Waals surface area contributed by atoms with Gasteiger partial charge in [-0.1, -0.05) is 0 Å². The molecule has 0 aliphatic carbocycles.